The lowest BCUT2D eigenvalue weighted by Crippen LogP contribution is -2.28. The van der Waals surface area contributed by atoms with Crippen molar-refractivity contribution >= 4 is 27.7 Å². The predicted octanol–water partition coefficient (Wildman–Crippen LogP) is 5.41. The summed E-state index contributed by atoms with van der Waals surface area (Å²) in [5.41, 5.74) is 6.46. The summed E-state index contributed by atoms with van der Waals surface area (Å²) in [4.78, 5) is 18.9. The minimum Gasteiger partial charge on any atom is -0.361 e. The fraction of sp³-hybridized carbons (Fsp3) is 0.115. The van der Waals surface area contributed by atoms with Crippen LogP contribution in [0, 0.1) is 0 Å². The van der Waals surface area contributed by atoms with E-state index in [1.807, 2.05) is 41.4 Å². The normalized spacial score (nSPS) is 16.0. The molecule has 1 aliphatic heterocycles. The fourth-order valence-electron chi connectivity index (χ4n) is 4.91. The molecule has 3 heterocycles. The van der Waals surface area contributed by atoms with Gasteiger partial charge in [-0.2, -0.15) is 0 Å². The molecule has 0 fully saturated rings. The summed E-state index contributed by atoms with van der Waals surface area (Å²) >= 11 is 0. The van der Waals surface area contributed by atoms with Crippen molar-refractivity contribution in [1.82, 2.24) is 14.5 Å². The van der Waals surface area contributed by atoms with Crippen LogP contribution in [0.4, 0.5) is 0 Å². The van der Waals surface area contributed by atoms with E-state index in [4.69, 9.17) is 0 Å². The lowest BCUT2D eigenvalue weighted by Gasteiger charge is -2.25. The van der Waals surface area contributed by atoms with Crippen LogP contribution in [0.1, 0.15) is 33.1 Å². The molecule has 0 aliphatic carbocycles. The van der Waals surface area contributed by atoms with Crippen LogP contribution in [0.15, 0.2) is 85.2 Å². The second kappa shape index (κ2) is 6.36. The summed E-state index contributed by atoms with van der Waals surface area (Å²) in [5.74, 6) is 0.0915. The smallest absolute Gasteiger partial charge is 0.255 e. The summed E-state index contributed by atoms with van der Waals surface area (Å²) in [6.45, 7) is 0.561. The molecule has 0 saturated carbocycles. The maximum atomic E-state index is 13.5. The second-order valence-electron chi connectivity index (χ2n) is 7.99. The largest absolute Gasteiger partial charge is 0.361 e. The summed E-state index contributed by atoms with van der Waals surface area (Å²) in [5, 5.41) is 2.36. The van der Waals surface area contributed by atoms with Gasteiger partial charge in [-0.05, 0) is 29.3 Å². The molecule has 3 aromatic carbocycles. The zero-order valence-electron chi connectivity index (χ0n) is 16.7. The molecule has 146 valence electrons. The van der Waals surface area contributed by atoms with Gasteiger partial charge in [0.2, 0.25) is 0 Å². The lowest BCUT2D eigenvalue weighted by atomic mass is 9.97. The Kier molecular flexibility index (Phi) is 3.62. The lowest BCUT2D eigenvalue weighted by molar-refractivity contribution is 0.0737. The number of hydrogen-bond donors (Lipinski definition) is 1. The predicted molar refractivity (Wildman–Crippen MR) is 119 cm³/mol. The number of nitrogens with one attached hydrogen (secondary N) is 1. The number of H-pyrrole nitrogens is 1. The van der Waals surface area contributed by atoms with Crippen molar-refractivity contribution in [3.8, 4) is 0 Å². The SMILES string of the molecule is Cn1cc([C@@H]2c3ccccc3C(=O)N2Cc2c[nH]c3ccccc23)c2ccccc21. The molecule has 1 N–H and O–H groups in total. The molecule has 5 aromatic rings. The first-order chi connectivity index (χ1) is 14.7. The van der Waals surface area contributed by atoms with Gasteiger partial charge in [-0.1, -0.05) is 54.6 Å². The highest BCUT2D eigenvalue weighted by atomic mass is 16.2. The number of hydrogen-bond acceptors (Lipinski definition) is 1. The highest BCUT2D eigenvalue weighted by molar-refractivity contribution is 6.01. The van der Waals surface area contributed by atoms with Gasteiger partial charge < -0.3 is 14.5 Å². The Morgan fingerprint density at radius 2 is 1.60 bits per heavy atom. The average molecular weight is 391 g/mol. The Bertz CT molecular complexity index is 1420. The van der Waals surface area contributed by atoms with Crippen molar-refractivity contribution in [2.24, 2.45) is 7.05 Å². The molecule has 1 aliphatic rings. The molecule has 0 saturated heterocycles. The third-order valence-corrected chi connectivity index (χ3v) is 6.30. The molecule has 0 unspecified atom stereocenters. The Labute approximate surface area is 174 Å². The molecule has 1 amide bonds. The van der Waals surface area contributed by atoms with Crippen molar-refractivity contribution in [1.29, 1.82) is 0 Å². The van der Waals surface area contributed by atoms with Crippen molar-refractivity contribution in [2.75, 3.05) is 0 Å². The highest BCUT2D eigenvalue weighted by Gasteiger charge is 2.39. The van der Waals surface area contributed by atoms with E-state index in [0.29, 0.717) is 6.54 Å². The maximum Gasteiger partial charge on any atom is 0.255 e. The van der Waals surface area contributed by atoms with Crippen molar-refractivity contribution in [2.45, 2.75) is 12.6 Å². The molecule has 6 rings (SSSR count). The van der Waals surface area contributed by atoms with E-state index in [1.165, 1.54) is 16.5 Å². The minimum absolute atomic E-state index is 0.0915. The summed E-state index contributed by atoms with van der Waals surface area (Å²) in [7, 11) is 2.07. The van der Waals surface area contributed by atoms with E-state index >= 15 is 0 Å². The number of amides is 1. The summed E-state index contributed by atoms with van der Waals surface area (Å²) in [6, 6.07) is 24.6. The van der Waals surface area contributed by atoms with Crippen molar-refractivity contribution in [3.63, 3.8) is 0 Å². The van der Waals surface area contributed by atoms with Crippen molar-refractivity contribution in [3.05, 3.63) is 107 Å². The van der Waals surface area contributed by atoms with Gasteiger partial charge in [0.25, 0.3) is 5.91 Å². The zero-order chi connectivity index (χ0) is 20.2. The molecule has 1 atom stereocenters. The monoisotopic (exact) mass is 391 g/mol. The Hall–Kier alpha value is -3.79. The van der Waals surface area contributed by atoms with Gasteiger partial charge in [0.05, 0.1) is 6.04 Å². The third-order valence-electron chi connectivity index (χ3n) is 6.30. The van der Waals surface area contributed by atoms with Crippen LogP contribution in [0.25, 0.3) is 21.8 Å². The van der Waals surface area contributed by atoms with E-state index in [2.05, 4.69) is 65.3 Å². The molecule has 0 radical (unpaired) electrons. The first kappa shape index (κ1) is 17.1. The number of nitrogens with zero attached hydrogens (tertiary/aromatic N) is 2. The van der Waals surface area contributed by atoms with Crippen LogP contribution in [-0.4, -0.2) is 20.4 Å². The van der Waals surface area contributed by atoms with Gasteiger partial charge in [-0.3, -0.25) is 4.79 Å². The molecule has 2 aromatic heterocycles. The number of aromatic nitrogens is 2. The van der Waals surface area contributed by atoms with Crippen LogP contribution in [0.2, 0.25) is 0 Å². The topological polar surface area (TPSA) is 41.0 Å². The summed E-state index contributed by atoms with van der Waals surface area (Å²) in [6.07, 6.45) is 4.20. The number of carbonyl (C=O) groups excluding carboxylic acids is 1. The number of carbonyl (C=O) groups is 1. The van der Waals surface area contributed by atoms with Crippen molar-refractivity contribution < 1.29 is 4.79 Å². The maximum absolute atomic E-state index is 13.5. The molecule has 4 nitrogen and oxygen atoms in total. The number of fused-ring (bicyclic) bond motifs is 3. The van der Waals surface area contributed by atoms with Crippen LogP contribution >= 0.6 is 0 Å². The average Bonchev–Trinajstić information content (AvgIpc) is 3.42. The number of aryl methyl sites for hydroxylation is 1. The van der Waals surface area contributed by atoms with Crippen LogP contribution in [0.5, 0.6) is 0 Å². The Morgan fingerprint density at radius 3 is 2.50 bits per heavy atom. The van der Waals surface area contributed by atoms with Gasteiger partial charge in [-0.15, -0.1) is 0 Å². The van der Waals surface area contributed by atoms with Gasteiger partial charge in [-0.25, -0.2) is 0 Å². The standard InChI is InChI=1S/C26H21N3O/c1-28-16-22(19-9-5-7-13-24(19)28)25-20-10-2-3-11-21(20)26(30)29(25)15-17-14-27-23-12-6-4-8-18(17)23/h2-14,16,25,27H,15H2,1H3/t25-/m0/s1. The van der Waals surface area contributed by atoms with Gasteiger partial charge in [0, 0.05) is 58.9 Å². The number of aromatic amines is 1. The van der Waals surface area contributed by atoms with E-state index in [1.54, 1.807) is 0 Å². The minimum atomic E-state index is -0.103. The highest BCUT2D eigenvalue weighted by Crippen LogP contribution is 2.42. The number of benzene rings is 3. The fourth-order valence-corrected chi connectivity index (χ4v) is 4.91. The molecule has 4 heteroatoms. The van der Waals surface area contributed by atoms with E-state index in [9.17, 15) is 4.79 Å². The summed E-state index contributed by atoms with van der Waals surface area (Å²) < 4.78 is 2.15. The van der Waals surface area contributed by atoms with Gasteiger partial charge in [0.1, 0.15) is 0 Å². The van der Waals surface area contributed by atoms with E-state index < -0.39 is 0 Å². The third kappa shape index (κ3) is 2.37. The Morgan fingerprint density at radius 1 is 0.867 bits per heavy atom. The van der Waals surface area contributed by atoms with Crippen LogP contribution < -0.4 is 0 Å². The first-order valence-corrected chi connectivity index (χ1v) is 10.2. The van der Waals surface area contributed by atoms with Gasteiger partial charge in [0.15, 0.2) is 0 Å². The van der Waals surface area contributed by atoms with E-state index in [-0.39, 0.29) is 11.9 Å². The number of rotatable bonds is 3. The van der Waals surface area contributed by atoms with Crippen LogP contribution in [0.3, 0.4) is 0 Å². The molecule has 0 bridgehead atoms. The zero-order valence-corrected chi connectivity index (χ0v) is 16.7. The quantitative estimate of drug-likeness (QED) is 0.439. The van der Waals surface area contributed by atoms with Crippen LogP contribution in [-0.2, 0) is 13.6 Å². The molecule has 30 heavy (non-hydrogen) atoms. The number of para-hydroxylation sites is 2. The van der Waals surface area contributed by atoms with Gasteiger partial charge >= 0.3 is 0 Å². The Balaban J connectivity index is 1.53. The molecule has 0 spiro atoms. The first-order valence-electron chi connectivity index (χ1n) is 10.2. The molecular formula is C26H21N3O. The second-order valence-corrected chi connectivity index (χ2v) is 7.99. The van der Waals surface area contributed by atoms with E-state index in [0.717, 1.165) is 27.6 Å². The molecular weight excluding hydrogens is 370 g/mol.